The zero-order valence-corrected chi connectivity index (χ0v) is 4.69. The molecule has 0 amide bonds. The molecule has 0 aromatic carbocycles. The molecule has 7 heavy (non-hydrogen) atoms. The largest absolute Gasteiger partial charge is 0.336 e. The van der Waals surface area contributed by atoms with Crippen LogP contribution in [-0.4, -0.2) is 13.0 Å². The fourth-order valence-electron chi connectivity index (χ4n) is 0.338. The molecule has 0 radical (unpaired) electrons. The highest BCUT2D eigenvalue weighted by Gasteiger charge is 2.10. The van der Waals surface area contributed by atoms with Crippen LogP contribution in [0.3, 0.4) is 0 Å². The number of halogens is 1. The molecule has 0 spiro atoms. The third kappa shape index (κ3) is 1.68. The average Bonchev–Trinajstić information content (AvgIpc) is 1.69. The summed E-state index contributed by atoms with van der Waals surface area (Å²) in [6.07, 6.45) is -0.695. The second kappa shape index (κ2) is 2.55. The van der Waals surface area contributed by atoms with Crippen LogP contribution in [0.4, 0.5) is 4.39 Å². The van der Waals surface area contributed by atoms with Gasteiger partial charge in [0.25, 0.3) is 0 Å². The summed E-state index contributed by atoms with van der Waals surface area (Å²) < 4.78 is 21.0. The maximum Gasteiger partial charge on any atom is 0.206 e. The molecule has 1 aliphatic heterocycles. The molecule has 0 aliphatic carbocycles. The quantitative estimate of drug-likeness (QED) is 0.452. The van der Waals surface area contributed by atoms with Crippen molar-refractivity contribution >= 4 is 9.03 Å². The van der Waals surface area contributed by atoms with Crippen molar-refractivity contribution in [3.05, 3.63) is 0 Å². The molecule has 2 atom stereocenters. The Morgan fingerprint density at radius 3 is 2.86 bits per heavy atom. The molecule has 2 nitrogen and oxygen atoms in total. The first-order valence-corrected chi connectivity index (χ1v) is 2.88. The zero-order valence-electron chi connectivity index (χ0n) is 3.69. The van der Waals surface area contributed by atoms with E-state index in [2.05, 4.69) is 4.52 Å². The standard InChI is InChI=1S/C3H6FO2P/c4-3-1-2-5-7-6-3/h3,7H,1-2H2. The highest BCUT2D eigenvalue weighted by Crippen LogP contribution is 2.24. The molecular formula is C3H6FO2P. The molecule has 1 heterocycles. The molecule has 1 saturated heterocycles. The van der Waals surface area contributed by atoms with Gasteiger partial charge >= 0.3 is 0 Å². The lowest BCUT2D eigenvalue weighted by molar-refractivity contribution is 0.0213. The SMILES string of the molecule is FC1CCOPO1. The Labute approximate surface area is 42.9 Å². The molecule has 0 saturated carbocycles. The van der Waals surface area contributed by atoms with Gasteiger partial charge in [-0.05, 0) is 0 Å². The number of rotatable bonds is 0. The lowest BCUT2D eigenvalue weighted by Gasteiger charge is -2.13. The highest BCUT2D eigenvalue weighted by atomic mass is 31.1. The van der Waals surface area contributed by atoms with E-state index in [4.69, 9.17) is 4.52 Å². The van der Waals surface area contributed by atoms with Crippen molar-refractivity contribution in [1.82, 2.24) is 0 Å². The summed E-state index contributed by atoms with van der Waals surface area (Å²) >= 11 is 0. The average molecular weight is 124 g/mol. The summed E-state index contributed by atoms with van der Waals surface area (Å²) in [6.45, 7) is 0.500. The summed E-state index contributed by atoms with van der Waals surface area (Å²) in [5, 5.41) is 0. The topological polar surface area (TPSA) is 18.5 Å². The predicted molar refractivity (Wildman–Crippen MR) is 24.9 cm³/mol. The Kier molecular flexibility index (Phi) is 1.98. The number of hydrogen-bond donors (Lipinski definition) is 0. The first-order chi connectivity index (χ1) is 3.39. The number of hydrogen-bond acceptors (Lipinski definition) is 2. The van der Waals surface area contributed by atoms with E-state index in [0.717, 1.165) is 0 Å². The second-order valence-corrected chi connectivity index (χ2v) is 1.94. The fourth-order valence-corrected chi connectivity index (χ4v) is 0.830. The van der Waals surface area contributed by atoms with Crippen LogP contribution in [0.5, 0.6) is 0 Å². The van der Waals surface area contributed by atoms with Crippen LogP contribution in [0.2, 0.25) is 0 Å². The normalized spacial score (nSPS) is 36.4. The Morgan fingerprint density at radius 1 is 1.71 bits per heavy atom. The van der Waals surface area contributed by atoms with Crippen LogP contribution in [0.15, 0.2) is 0 Å². The molecule has 4 heteroatoms. The van der Waals surface area contributed by atoms with Crippen molar-refractivity contribution < 1.29 is 13.4 Å². The summed E-state index contributed by atoms with van der Waals surface area (Å²) in [4.78, 5) is 0. The lowest BCUT2D eigenvalue weighted by Crippen LogP contribution is -2.08. The maximum absolute atomic E-state index is 11.9. The van der Waals surface area contributed by atoms with E-state index in [1.165, 1.54) is 0 Å². The van der Waals surface area contributed by atoms with Gasteiger partial charge in [0.15, 0.2) is 9.03 Å². The van der Waals surface area contributed by atoms with Gasteiger partial charge in [-0.3, -0.25) is 0 Å². The van der Waals surface area contributed by atoms with Crippen LogP contribution in [0.25, 0.3) is 0 Å². The van der Waals surface area contributed by atoms with E-state index in [0.29, 0.717) is 13.0 Å². The van der Waals surface area contributed by atoms with E-state index in [9.17, 15) is 4.39 Å². The monoisotopic (exact) mass is 124 g/mol. The summed E-state index contributed by atoms with van der Waals surface area (Å²) in [7, 11) is -0.0930. The molecule has 0 bridgehead atoms. The van der Waals surface area contributed by atoms with Crippen molar-refractivity contribution in [2.75, 3.05) is 6.61 Å². The first-order valence-electron chi connectivity index (χ1n) is 2.06. The summed E-state index contributed by atoms with van der Waals surface area (Å²) in [5.74, 6) is 0. The molecule has 2 unspecified atom stereocenters. The second-order valence-electron chi connectivity index (χ2n) is 1.25. The zero-order chi connectivity index (χ0) is 5.11. The molecule has 1 fully saturated rings. The molecule has 1 rings (SSSR count). The van der Waals surface area contributed by atoms with Crippen LogP contribution in [-0.2, 0) is 9.05 Å². The van der Waals surface area contributed by atoms with Crippen molar-refractivity contribution in [3.8, 4) is 0 Å². The van der Waals surface area contributed by atoms with Gasteiger partial charge in [0, 0.05) is 6.42 Å². The molecule has 0 aromatic rings. The van der Waals surface area contributed by atoms with Crippen LogP contribution >= 0.6 is 9.03 Å². The van der Waals surface area contributed by atoms with Crippen LogP contribution < -0.4 is 0 Å². The van der Waals surface area contributed by atoms with Gasteiger partial charge in [0.1, 0.15) is 0 Å². The summed E-state index contributed by atoms with van der Waals surface area (Å²) in [5.41, 5.74) is 0. The van der Waals surface area contributed by atoms with E-state index in [1.54, 1.807) is 0 Å². The van der Waals surface area contributed by atoms with E-state index in [-0.39, 0.29) is 9.03 Å². The van der Waals surface area contributed by atoms with Gasteiger partial charge in [-0.1, -0.05) is 0 Å². The lowest BCUT2D eigenvalue weighted by atomic mass is 10.5. The maximum atomic E-state index is 11.9. The minimum atomic E-state index is -1.08. The van der Waals surface area contributed by atoms with Crippen molar-refractivity contribution in [2.45, 2.75) is 12.8 Å². The van der Waals surface area contributed by atoms with E-state index < -0.39 is 6.36 Å². The van der Waals surface area contributed by atoms with Crippen molar-refractivity contribution in [3.63, 3.8) is 0 Å². The third-order valence-electron chi connectivity index (χ3n) is 0.682. The highest BCUT2D eigenvalue weighted by molar-refractivity contribution is 7.26. The van der Waals surface area contributed by atoms with Crippen molar-refractivity contribution in [2.24, 2.45) is 0 Å². The fraction of sp³-hybridized carbons (Fsp3) is 1.00. The molecule has 1 aliphatic rings. The van der Waals surface area contributed by atoms with E-state index >= 15 is 0 Å². The van der Waals surface area contributed by atoms with Gasteiger partial charge in [0.05, 0.1) is 6.61 Å². The summed E-state index contributed by atoms with van der Waals surface area (Å²) in [6, 6.07) is 0. The third-order valence-corrected chi connectivity index (χ3v) is 1.36. The van der Waals surface area contributed by atoms with Gasteiger partial charge in [-0.2, -0.15) is 0 Å². The van der Waals surface area contributed by atoms with Gasteiger partial charge in [0.2, 0.25) is 6.36 Å². The molecular weight excluding hydrogens is 118 g/mol. The Balaban J connectivity index is 2.12. The minimum absolute atomic E-state index is 0.0930. The molecule has 0 N–H and O–H groups in total. The van der Waals surface area contributed by atoms with Crippen LogP contribution in [0.1, 0.15) is 6.42 Å². The predicted octanol–water partition coefficient (Wildman–Crippen LogP) is 1.23. The van der Waals surface area contributed by atoms with Gasteiger partial charge in [-0.15, -0.1) is 0 Å². The Bertz CT molecular complexity index is 54.9. The molecule has 42 valence electrons. The van der Waals surface area contributed by atoms with Gasteiger partial charge < -0.3 is 9.05 Å². The smallest absolute Gasteiger partial charge is 0.206 e. The minimum Gasteiger partial charge on any atom is -0.336 e. The van der Waals surface area contributed by atoms with E-state index in [1.807, 2.05) is 0 Å². The Hall–Kier alpha value is 0.280. The number of alkyl halides is 1. The Morgan fingerprint density at radius 2 is 2.57 bits per heavy atom. The van der Waals surface area contributed by atoms with Crippen LogP contribution in [0, 0.1) is 0 Å². The van der Waals surface area contributed by atoms with Gasteiger partial charge in [-0.25, -0.2) is 4.39 Å². The van der Waals surface area contributed by atoms with Crippen molar-refractivity contribution in [1.29, 1.82) is 0 Å². The molecule has 0 aromatic heterocycles. The first kappa shape index (κ1) is 5.42.